The zero-order valence-electron chi connectivity index (χ0n) is 13.1. The molecule has 114 valence electrons. The summed E-state index contributed by atoms with van der Waals surface area (Å²) in [5.41, 5.74) is 3.87. The van der Waals surface area contributed by atoms with Crippen LogP contribution in [0.2, 0.25) is 0 Å². The Morgan fingerprint density at radius 1 is 1.29 bits per heavy atom. The predicted octanol–water partition coefficient (Wildman–Crippen LogP) is 4.25. The van der Waals surface area contributed by atoms with Crippen molar-refractivity contribution in [2.45, 2.75) is 52.0 Å². The van der Waals surface area contributed by atoms with E-state index >= 15 is 0 Å². The second kappa shape index (κ2) is 7.87. The van der Waals surface area contributed by atoms with E-state index < -0.39 is 0 Å². The molecular formula is C18H26N2O. The molecule has 1 aliphatic rings. The lowest BCUT2D eigenvalue weighted by Gasteiger charge is -2.18. The van der Waals surface area contributed by atoms with Crippen LogP contribution in [0.3, 0.4) is 0 Å². The highest BCUT2D eigenvalue weighted by molar-refractivity contribution is 5.74. The largest absolute Gasteiger partial charge is 0.338 e. The standard InChI is InChI=1S/C18H26N2O/c1-14-8-6-7-11-17(14)15(2)20-18(21)19-13-12-16-9-4-3-5-10-16/h6-9,11,15H,3-5,10,12-13H2,1-2H3,(H2,19,20,21)/t15-/m1/s1. The van der Waals surface area contributed by atoms with Crippen LogP contribution in [-0.2, 0) is 0 Å². The lowest BCUT2D eigenvalue weighted by Crippen LogP contribution is -2.37. The van der Waals surface area contributed by atoms with Crippen LogP contribution in [0.5, 0.6) is 0 Å². The molecule has 0 saturated carbocycles. The average molecular weight is 286 g/mol. The van der Waals surface area contributed by atoms with Crippen LogP contribution in [-0.4, -0.2) is 12.6 Å². The van der Waals surface area contributed by atoms with Gasteiger partial charge in [0.05, 0.1) is 6.04 Å². The quantitative estimate of drug-likeness (QED) is 0.781. The number of hydrogen-bond donors (Lipinski definition) is 2. The Balaban J connectivity index is 1.74. The summed E-state index contributed by atoms with van der Waals surface area (Å²) in [4.78, 5) is 11.9. The smallest absolute Gasteiger partial charge is 0.315 e. The number of carbonyl (C=O) groups excluding carboxylic acids is 1. The minimum Gasteiger partial charge on any atom is -0.338 e. The average Bonchev–Trinajstić information content (AvgIpc) is 2.48. The fourth-order valence-electron chi connectivity index (χ4n) is 2.87. The zero-order valence-corrected chi connectivity index (χ0v) is 13.1. The molecule has 0 spiro atoms. The third kappa shape index (κ3) is 4.92. The number of allylic oxidation sites excluding steroid dienone is 1. The highest BCUT2D eigenvalue weighted by atomic mass is 16.2. The summed E-state index contributed by atoms with van der Waals surface area (Å²) < 4.78 is 0. The van der Waals surface area contributed by atoms with Crippen molar-refractivity contribution >= 4 is 6.03 Å². The van der Waals surface area contributed by atoms with E-state index in [0.29, 0.717) is 0 Å². The molecular weight excluding hydrogens is 260 g/mol. The summed E-state index contributed by atoms with van der Waals surface area (Å²) in [5.74, 6) is 0. The van der Waals surface area contributed by atoms with Crippen LogP contribution < -0.4 is 10.6 Å². The number of nitrogens with one attached hydrogen (secondary N) is 2. The van der Waals surface area contributed by atoms with E-state index in [4.69, 9.17) is 0 Å². The van der Waals surface area contributed by atoms with E-state index in [0.717, 1.165) is 13.0 Å². The van der Waals surface area contributed by atoms with E-state index in [9.17, 15) is 4.79 Å². The van der Waals surface area contributed by atoms with Crippen molar-refractivity contribution in [2.24, 2.45) is 0 Å². The number of urea groups is 1. The molecule has 2 N–H and O–H groups in total. The van der Waals surface area contributed by atoms with E-state index in [1.165, 1.54) is 42.4 Å². The van der Waals surface area contributed by atoms with Gasteiger partial charge in [-0.05, 0) is 57.1 Å². The van der Waals surface area contributed by atoms with Crippen molar-refractivity contribution in [3.05, 3.63) is 47.0 Å². The summed E-state index contributed by atoms with van der Waals surface area (Å²) in [6.45, 7) is 4.81. The van der Waals surface area contributed by atoms with Gasteiger partial charge in [-0.25, -0.2) is 4.79 Å². The molecule has 1 aliphatic carbocycles. The Morgan fingerprint density at radius 2 is 2.10 bits per heavy atom. The molecule has 3 nitrogen and oxygen atoms in total. The van der Waals surface area contributed by atoms with Gasteiger partial charge in [-0.15, -0.1) is 0 Å². The lowest BCUT2D eigenvalue weighted by atomic mass is 9.97. The van der Waals surface area contributed by atoms with Gasteiger partial charge >= 0.3 is 6.03 Å². The minimum absolute atomic E-state index is 0.0279. The van der Waals surface area contributed by atoms with Crippen LogP contribution >= 0.6 is 0 Å². The molecule has 0 fully saturated rings. The van der Waals surface area contributed by atoms with Crippen LogP contribution in [0.4, 0.5) is 4.79 Å². The highest BCUT2D eigenvalue weighted by Gasteiger charge is 2.11. The molecule has 1 atom stereocenters. The Bertz CT molecular complexity index is 508. The maximum absolute atomic E-state index is 11.9. The van der Waals surface area contributed by atoms with Gasteiger partial charge in [0.1, 0.15) is 0 Å². The lowest BCUT2D eigenvalue weighted by molar-refractivity contribution is 0.238. The molecule has 1 aromatic carbocycles. The van der Waals surface area contributed by atoms with Gasteiger partial charge in [-0.3, -0.25) is 0 Å². The van der Waals surface area contributed by atoms with Gasteiger partial charge < -0.3 is 10.6 Å². The van der Waals surface area contributed by atoms with Crippen molar-refractivity contribution < 1.29 is 4.79 Å². The molecule has 21 heavy (non-hydrogen) atoms. The third-order valence-corrected chi connectivity index (χ3v) is 4.12. The fourth-order valence-corrected chi connectivity index (χ4v) is 2.87. The summed E-state index contributed by atoms with van der Waals surface area (Å²) in [7, 11) is 0. The van der Waals surface area contributed by atoms with Crippen LogP contribution in [0.15, 0.2) is 35.9 Å². The third-order valence-electron chi connectivity index (χ3n) is 4.12. The Kier molecular flexibility index (Phi) is 5.85. The molecule has 0 radical (unpaired) electrons. The van der Waals surface area contributed by atoms with Crippen LogP contribution in [0.1, 0.15) is 56.2 Å². The number of amides is 2. The number of benzene rings is 1. The van der Waals surface area contributed by atoms with Gasteiger partial charge in [0.2, 0.25) is 0 Å². The number of aryl methyl sites for hydroxylation is 1. The van der Waals surface area contributed by atoms with Gasteiger partial charge in [0.15, 0.2) is 0 Å². The second-order valence-corrected chi connectivity index (χ2v) is 5.84. The van der Waals surface area contributed by atoms with Crippen molar-refractivity contribution in [3.8, 4) is 0 Å². The molecule has 0 heterocycles. The topological polar surface area (TPSA) is 41.1 Å². The summed E-state index contributed by atoms with van der Waals surface area (Å²) in [6.07, 6.45) is 8.31. The van der Waals surface area contributed by atoms with Crippen LogP contribution in [0.25, 0.3) is 0 Å². The molecule has 0 bridgehead atoms. The van der Waals surface area contributed by atoms with Crippen molar-refractivity contribution in [1.29, 1.82) is 0 Å². The minimum atomic E-state index is -0.0813. The fraction of sp³-hybridized carbons (Fsp3) is 0.500. The molecule has 0 saturated heterocycles. The first kappa shape index (κ1) is 15.6. The maximum atomic E-state index is 11.9. The predicted molar refractivity (Wildman–Crippen MR) is 87.3 cm³/mol. The molecule has 0 unspecified atom stereocenters. The Morgan fingerprint density at radius 3 is 2.81 bits per heavy atom. The van der Waals surface area contributed by atoms with Crippen LogP contribution in [0, 0.1) is 6.92 Å². The monoisotopic (exact) mass is 286 g/mol. The summed E-state index contributed by atoms with van der Waals surface area (Å²) in [5, 5.41) is 5.96. The maximum Gasteiger partial charge on any atom is 0.315 e. The first-order chi connectivity index (χ1) is 10.2. The first-order valence-electron chi connectivity index (χ1n) is 7.94. The van der Waals surface area contributed by atoms with Crippen molar-refractivity contribution in [3.63, 3.8) is 0 Å². The number of carbonyl (C=O) groups is 1. The molecule has 3 heteroatoms. The molecule has 2 amide bonds. The normalized spacial score (nSPS) is 16.0. The van der Waals surface area contributed by atoms with E-state index in [-0.39, 0.29) is 12.1 Å². The zero-order chi connectivity index (χ0) is 15.1. The SMILES string of the molecule is Cc1ccccc1[C@@H](C)NC(=O)NCCC1=CCCCC1. The second-order valence-electron chi connectivity index (χ2n) is 5.84. The van der Waals surface area contributed by atoms with Gasteiger partial charge in [0, 0.05) is 6.54 Å². The summed E-state index contributed by atoms with van der Waals surface area (Å²) in [6, 6.07) is 8.10. The van der Waals surface area contributed by atoms with E-state index in [1.807, 2.05) is 19.1 Å². The summed E-state index contributed by atoms with van der Waals surface area (Å²) >= 11 is 0. The van der Waals surface area contributed by atoms with Gasteiger partial charge in [-0.1, -0.05) is 35.9 Å². The number of hydrogen-bond acceptors (Lipinski definition) is 1. The van der Waals surface area contributed by atoms with E-state index in [2.05, 4.69) is 35.8 Å². The molecule has 1 aromatic rings. The Hall–Kier alpha value is -1.77. The molecule has 0 aromatic heterocycles. The van der Waals surface area contributed by atoms with Crippen molar-refractivity contribution in [2.75, 3.05) is 6.54 Å². The van der Waals surface area contributed by atoms with E-state index in [1.54, 1.807) is 0 Å². The van der Waals surface area contributed by atoms with Crippen molar-refractivity contribution in [1.82, 2.24) is 10.6 Å². The molecule has 0 aliphatic heterocycles. The van der Waals surface area contributed by atoms with Gasteiger partial charge in [0.25, 0.3) is 0 Å². The molecule has 2 rings (SSSR count). The first-order valence-corrected chi connectivity index (χ1v) is 7.94. The van der Waals surface area contributed by atoms with Gasteiger partial charge in [-0.2, -0.15) is 0 Å². The Labute approximate surface area is 127 Å². The number of rotatable bonds is 5. The highest BCUT2D eigenvalue weighted by Crippen LogP contribution is 2.19.